The van der Waals surface area contributed by atoms with Crippen LogP contribution in [0.5, 0.6) is 0 Å². The van der Waals surface area contributed by atoms with Gasteiger partial charge in [0.25, 0.3) is 5.89 Å². The number of aromatic nitrogens is 2. The Morgan fingerprint density at radius 2 is 2.05 bits per heavy atom. The summed E-state index contributed by atoms with van der Waals surface area (Å²) in [5.74, 6) is 0.825. The first-order chi connectivity index (χ1) is 10.4. The normalized spacial score (nSPS) is 12.1. The highest BCUT2D eigenvalue weighted by atomic mass is 19.4. The van der Waals surface area contributed by atoms with Gasteiger partial charge in [-0.1, -0.05) is 23.4 Å². The number of benzene rings is 1. The molecule has 0 fully saturated rings. The topological polar surface area (TPSA) is 51.4 Å². The fourth-order valence-electron chi connectivity index (χ4n) is 1.99. The molecule has 0 bridgehead atoms. The summed E-state index contributed by atoms with van der Waals surface area (Å²) < 4.78 is 47.8. The summed E-state index contributed by atoms with van der Waals surface area (Å²) in [6.45, 7) is 0.936. The lowest BCUT2D eigenvalue weighted by Gasteiger charge is -2.15. The average molecular weight is 315 g/mol. The Labute approximate surface area is 125 Å². The highest BCUT2D eigenvalue weighted by Gasteiger charge is 2.30. The lowest BCUT2D eigenvalue weighted by atomic mass is 10.1. The third-order valence-electron chi connectivity index (χ3n) is 2.90. The number of rotatable bonds is 6. The minimum absolute atomic E-state index is 0.227. The summed E-state index contributed by atoms with van der Waals surface area (Å²) in [4.78, 5) is 5.92. The van der Waals surface area contributed by atoms with E-state index in [1.165, 1.54) is 13.2 Å². The first kappa shape index (κ1) is 16.4. The lowest BCUT2D eigenvalue weighted by molar-refractivity contribution is -0.137. The fourth-order valence-corrected chi connectivity index (χ4v) is 1.99. The Morgan fingerprint density at radius 1 is 1.27 bits per heavy atom. The van der Waals surface area contributed by atoms with Crippen LogP contribution in [-0.2, 0) is 30.6 Å². The molecule has 0 aliphatic carbocycles. The predicted octanol–water partition coefficient (Wildman–Crippen LogP) is 2.87. The molecule has 1 aromatic carbocycles. The molecule has 2 rings (SSSR count). The Balaban J connectivity index is 1.98. The van der Waals surface area contributed by atoms with Gasteiger partial charge in [-0.25, -0.2) is 0 Å². The maximum Gasteiger partial charge on any atom is 0.416 e. The van der Waals surface area contributed by atoms with Gasteiger partial charge in [0.2, 0.25) is 0 Å². The number of nitrogens with zero attached hydrogens (tertiary/aromatic N) is 3. The number of methoxy groups -OCH3 is 1. The van der Waals surface area contributed by atoms with E-state index in [-0.39, 0.29) is 6.61 Å². The second-order valence-corrected chi connectivity index (χ2v) is 4.91. The SMILES string of the molecule is COCc1nc(CN(C)Cc2cccc(C(F)(F)F)c2)no1. The lowest BCUT2D eigenvalue weighted by Crippen LogP contribution is -2.18. The zero-order valence-electron chi connectivity index (χ0n) is 12.2. The van der Waals surface area contributed by atoms with Crippen molar-refractivity contribution in [3.63, 3.8) is 0 Å². The zero-order valence-corrected chi connectivity index (χ0v) is 12.2. The number of alkyl halides is 3. The molecule has 0 atom stereocenters. The van der Waals surface area contributed by atoms with Crippen molar-refractivity contribution in [3.8, 4) is 0 Å². The van der Waals surface area contributed by atoms with Crippen LogP contribution >= 0.6 is 0 Å². The molecule has 22 heavy (non-hydrogen) atoms. The molecule has 1 heterocycles. The van der Waals surface area contributed by atoms with Crippen LogP contribution in [-0.4, -0.2) is 29.2 Å². The molecule has 0 unspecified atom stereocenters. The maximum atomic E-state index is 12.7. The first-order valence-corrected chi connectivity index (χ1v) is 6.53. The van der Waals surface area contributed by atoms with Gasteiger partial charge in [0.05, 0.1) is 12.1 Å². The predicted molar refractivity (Wildman–Crippen MR) is 71.6 cm³/mol. The summed E-state index contributed by atoms with van der Waals surface area (Å²) in [5, 5.41) is 3.79. The summed E-state index contributed by atoms with van der Waals surface area (Å²) in [6.07, 6.45) is -4.34. The minimum Gasteiger partial charge on any atom is -0.375 e. The number of hydrogen-bond donors (Lipinski definition) is 0. The third-order valence-corrected chi connectivity index (χ3v) is 2.90. The van der Waals surface area contributed by atoms with Crippen molar-refractivity contribution in [1.29, 1.82) is 0 Å². The zero-order chi connectivity index (χ0) is 16.2. The molecule has 0 N–H and O–H groups in total. The second-order valence-electron chi connectivity index (χ2n) is 4.91. The monoisotopic (exact) mass is 315 g/mol. The van der Waals surface area contributed by atoms with E-state index in [2.05, 4.69) is 10.1 Å². The van der Waals surface area contributed by atoms with Gasteiger partial charge in [0, 0.05) is 13.7 Å². The molecular weight excluding hydrogens is 299 g/mol. The van der Waals surface area contributed by atoms with Crippen LogP contribution in [0.4, 0.5) is 13.2 Å². The van der Waals surface area contributed by atoms with Gasteiger partial charge in [-0.15, -0.1) is 0 Å². The van der Waals surface area contributed by atoms with Crippen molar-refractivity contribution in [2.24, 2.45) is 0 Å². The summed E-state index contributed by atoms with van der Waals surface area (Å²) in [5.41, 5.74) is -0.0849. The van der Waals surface area contributed by atoms with E-state index >= 15 is 0 Å². The van der Waals surface area contributed by atoms with Gasteiger partial charge in [0.1, 0.15) is 6.61 Å². The molecule has 0 saturated heterocycles. The van der Waals surface area contributed by atoms with Crippen molar-refractivity contribution in [1.82, 2.24) is 15.0 Å². The van der Waals surface area contributed by atoms with Crippen molar-refractivity contribution in [2.45, 2.75) is 25.9 Å². The first-order valence-electron chi connectivity index (χ1n) is 6.53. The van der Waals surface area contributed by atoms with E-state index in [0.29, 0.717) is 30.4 Å². The van der Waals surface area contributed by atoms with E-state index in [9.17, 15) is 13.2 Å². The maximum absolute atomic E-state index is 12.7. The van der Waals surface area contributed by atoms with Gasteiger partial charge in [-0.2, -0.15) is 18.2 Å². The van der Waals surface area contributed by atoms with Gasteiger partial charge < -0.3 is 9.26 Å². The standard InChI is InChI=1S/C14H16F3N3O2/c1-20(8-12-18-13(9-21-2)22-19-12)7-10-4-3-5-11(6-10)14(15,16)17/h3-6H,7-9H2,1-2H3. The highest BCUT2D eigenvalue weighted by Crippen LogP contribution is 2.29. The molecule has 2 aromatic rings. The van der Waals surface area contributed by atoms with E-state index < -0.39 is 11.7 Å². The van der Waals surface area contributed by atoms with Crippen LogP contribution in [0, 0.1) is 0 Å². The van der Waals surface area contributed by atoms with Crippen LogP contribution in [0.2, 0.25) is 0 Å². The van der Waals surface area contributed by atoms with Gasteiger partial charge in [0.15, 0.2) is 5.82 Å². The van der Waals surface area contributed by atoms with Crippen molar-refractivity contribution in [3.05, 3.63) is 47.1 Å². The molecular formula is C14H16F3N3O2. The number of ether oxygens (including phenoxy) is 1. The van der Waals surface area contributed by atoms with Gasteiger partial charge in [-0.3, -0.25) is 4.90 Å². The largest absolute Gasteiger partial charge is 0.416 e. The summed E-state index contributed by atoms with van der Waals surface area (Å²) in [7, 11) is 3.29. The Bertz CT molecular complexity index is 613. The summed E-state index contributed by atoms with van der Waals surface area (Å²) >= 11 is 0. The van der Waals surface area contributed by atoms with Crippen molar-refractivity contribution >= 4 is 0 Å². The minimum atomic E-state index is -4.34. The van der Waals surface area contributed by atoms with E-state index in [1.54, 1.807) is 18.0 Å². The van der Waals surface area contributed by atoms with Crippen LogP contribution in [0.1, 0.15) is 22.8 Å². The highest BCUT2D eigenvalue weighted by molar-refractivity contribution is 5.25. The molecule has 8 heteroatoms. The van der Waals surface area contributed by atoms with Crippen LogP contribution in [0.3, 0.4) is 0 Å². The average Bonchev–Trinajstić information content (AvgIpc) is 2.85. The third kappa shape index (κ3) is 4.54. The van der Waals surface area contributed by atoms with Gasteiger partial charge in [-0.05, 0) is 18.7 Å². The molecule has 0 amide bonds. The van der Waals surface area contributed by atoms with Gasteiger partial charge >= 0.3 is 6.18 Å². The fraction of sp³-hybridized carbons (Fsp3) is 0.429. The number of hydrogen-bond acceptors (Lipinski definition) is 5. The molecule has 5 nitrogen and oxygen atoms in total. The molecule has 0 radical (unpaired) electrons. The molecule has 120 valence electrons. The second kappa shape index (κ2) is 6.89. The van der Waals surface area contributed by atoms with E-state index in [1.807, 2.05) is 0 Å². The Morgan fingerprint density at radius 3 is 2.73 bits per heavy atom. The van der Waals surface area contributed by atoms with E-state index in [0.717, 1.165) is 12.1 Å². The number of halogens is 3. The van der Waals surface area contributed by atoms with Crippen LogP contribution in [0.25, 0.3) is 0 Å². The Hall–Kier alpha value is -1.93. The molecule has 0 aliphatic heterocycles. The van der Waals surface area contributed by atoms with Crippen LogP contribution in [0.15, 0.2) is 28.8 Å². The molecule has 0 aliphatic rings. The van der Waals surface area contributed by atoms with Crippen molar-refractivity contribution in [2.75, 3.05) is 14.2 Å². The molecule has 0 saturated carbocycles. The van der Waals surface area contributed by atoms with Crippen molar-refractivity contribution < 1.29 is 22.4 Å². The molecule has 0 spiro atoms. The quantitative estimate of drug-likeness (QED) is 0.820. The summed E-state index contributed by atoms with van der Waals surface area (Å²) in [6, 6.07) is 5.25. The smallest absolute Gasteiger partial charge is 0.375 e. The molecule has 1 aromatic heterocycles. The Kier molecular flexibility index (Phi) is 5.15. The van der Waals surface area contributed by atoms with Crippen LogP contribution < -0.4 is 0 Å². The van der Waals surface area contributed by atoms with E-state index in [4.69, 9.17) is 9.26 Å².